The molecule has 18 rings (SSSR count). The summed E-state index contributed by atoms with van der Waals surface area (Å²) in [4.78, 5) is 0. The Balaban J connectivity index is 0.000000123. The van der Waals surface area contributed by atoms with Gasteiger partial charge in [0.1, 0.15) is 22.3 Å². The highest BCUT2D eigenvalue weighted by Crippen LogP contribution is 2.46. The summed E-state index contributed by atoms with van der Waals surface area (Å²) in [6.45, 7) is 0. The molecule has 0 unspecified atom stereocenters. The van der Waals surface area contributed by atoms with Crippen LogP contribution >= 0.6 is 15.9 Å². The summed E-state index contributed by atoms with van der Waals surface area (Å²) in [7, 11) is -1.52. The number of hydrogen-bond donors (Lipinski definition) is 2. The topological polar surface area (TPSA) is 66.7 Å². The molecule has 2 N–H and O–H groups in total. The maximum atomic E-state index is 10.1. The lowest BCUT2D eigenvalue weighted by Crippen LogP contribution is -2.31. The Bertz CT molecular complexity index is 5710. The minimum atomic E-state index is -1.52. The zero-order valence-electron chi connectivity index (χ0n) is 48.7. The second kappa shape index (κ2) is 23.9. The molecular weight excluding hydrogens is 1180 g/mol. The minimum Gasteiger partial charge on any atom is -0.456 e. The van der Waals surface area contributed by atoms with Gasteiger partial charge in [-0.25, -0.2) is 0 Å². The molecule has 0 aliphatic carbocycles. The van der Waals surface area contributed by atoms with E-state index in [1.807, 2.05) is 91.0 Å². The van der Waals surface area contributed by atoms with E-state index in [1.54, 1.807) is 0 Å². The van der Waals surface area contributed by atoms with E-state index < -0.39 is 7.12 Å². The van der Waals surface area contributed by atoms with E-state index in [-0.39, 0.29) is 7.43 Å². The molecule has 0 fully saturated rings. The second-order valence-electron chi connectivity index (χ2n) is 22.9. The van der Waals surface area contributed by atoms with E-state index in [0.717, 1.165) is 75.6 Å². The van der Waals surface area contributed by atoms with Crippen LogP contribution in [0.2, 0.25) is 0 Å². The predicted molar refractivity (Wildman–Crippen MR) is 390 cm³/mol. The molecule has 18 aromatic rings. The molecule has 6 heteroatoms. The van der Waals surface area contributed by atoms with Crippen LogP contribution in [-0.4, -0.2) is 17.2 Å². The van der Waals surface area contributed by atoms with Crippen molar-refractivity contribution < 1.29 is 18.9 Å². The van der Waals surface area contributed by atoms with E-state index in [4.69, 9.17) is 8.83 Å². The normalized spacial score (nSPS) is 11.4. The Labute approximate surface area is 535 Å². The molecule has 0 amide bonds. The molecule has 4 nitrogen and oxygen atoms in total. The molecule has 0 radical (unpaired) electrons. The van der Waals surface area contributed by atoms with E-state index in [0.29, 0.717) is 5.46 Å². The first-order valence-electron chi connectivity index (χ1n) is 30.3. The van der Waals surface area contributed by atoms with E-state index in [9.17, 15) is 10.0 Å². The van der Waals surface area contributed by atoms with Crippen LogP contribution < -0.4 is 5.46 Å². The molecule has 0 saturated heterocycles. The highest BCUT2D eigenvalue weighted by atomic mass is 79.9. The average molecular weight is 1230 g/mol. The maximum Gasteiger partial charge on any atom is 0.489 e. The monoisotopic (exact) mass is 1230 g/mol. The number of fused-ring (bicyclic) bond motifs is 12. The van der Waals surface area contributed by atoms with Crippen LogP contribution in [0.25, 0.3) is 164 Å². The SMILES string of the molecule is Brc1cccc(-c2ccc3oc4ccccc4c3c2)c1.C.OB(O)c1c2ccccc2c(-c2ccc3ccccc3c2)c2ccccc12.c1cc(-c2ccc3oc4ccccc4c3c2)cc(-c2c3ccccc3c(-c3ccc4ccccc4c3)c3ccccc23)c1. The average Bonchev–Trinajstić information content (AvgIpc) is 1.66. The molecule has 16 aromatic carbocycles. The first kappa shape index (κ1) is 56.6. The number of rotatable bonds is 6. The maximum absolute atomic E-state index is 10.1. The summed E-state index contributed by atoms with van der Waals surface area (Å²) in [6, 6.07) is 111. The molecule has 91 heavy (non-hydrogen) atoms. The van der Waals surface area contributed by atoms with Gasteiger partial charge in [0.15, 0.2) is 0 Å². The summed E-state index contributed by atoms with van der Waals surface area (Å²) in [5.41, 5.74) is 16.3. The Morgan fingerprint density at radius 3 is 0.967 bits per heavy atom. The lowest BCUT2D eigenvalue weighted by atomic mass is 9.72. The summed E-state index contributed by atoms with van der Waals surface area (Å²) < 4.78 is 13.1. The second-order valence-corrected chi connectivity index (χ2v) is 23.8. The Morgan fingerprint density at radius 2 is 0.538 bits per heavy atom. The number of hydrogen-bond acceptors (Lipinski definition) is 4. The van der Waals surface area contributed by atoms with Crippen molar-refractivity contribution in [2.24, 2.45) is 0 Å². The molecule has 0 saturated carbocycles. The summed E-state index contributed by atoms with van der Waals surface area (Å²) >= 11 is 3.52. The van der Waals surface area contributed by atoms with Gasteiger partial charge in [-0.3, -0.25) is 0 Å². The molecule has 0 atom stereocenters. The van der Waals surface area contributed by atoms with Gasteiger partial charge < -0.3 is 18.9 Å². The molecule has 0 bridgehead atoms. The molecule has 0 aliphatic rings. The van der Waals surface area contributed by atoms with Crippen LogP contribution in [0.4, 0.5) is 0 Å². The summed E-state index contributed by atoms with van der Waals surface area (Å²) in [5.74, 6) is 0. The minimum absolute atomic E-state index is 0. The zero-order valence-corrected chi connectivity index (χ0v) is 50.3. The largest absolute Gasteiger partial charge is 0.489 e. The lowest BCUT2D eigenvalue weighted by Gasteiger charge is -2.18. The predicted octanol–water partition coefficient (Wildman–Crippen LogP) is 23.2. The van der Waals surface area contributed by atoms with Crippen LogP contribution in [0.3, 0.4) is 0 Å². The van der Waals surface area contributed by atoms with E-state index in [1.165, 1.54) is 93.0 Å². The fourth-order valence-electron chi connectivity index (χ4n) is 13.5. The van der Waals surface area contributed by atoms with Crippen molar-refractivity contribution in [3.8, 4) is 55.6 Å². The molecule has 0 aliphatic heterocycles. The number of halogens is 1. The van der Waals surface area contributed by atoms with Gasteiger partial charge in [-0.1, -0.05) is 272 Å². The smallest absolute Gasteiger partial charge is 0.456 e. The zero-order chi connectivity index (χ0) is 60.2. The van der Waals surface area contributed by atoms with Gasteiger partial charge in [-0.15, -0.1) is 0 Å². The van der Waals surface area contributed by atoms with Crippen molar-refractivity contribution >= 4 is 137 Å². The van der Waals surface area contributed by atoms with E-state index >= 15 is 0 Å². The van der Waals surface area contributed by atoms with Gasteiger partial charge in [0.05, 0.1) is 0 Å². The standard InChI is InChI=1S/C42H26O.C24H17BO2.C18H11BrO.CH4/c1-2-11-28-24-32(21-20-27(28)10-1)42-36-17-5-3-15-34(36)41(35-16-4-6-18-37(35)42)31-13-9-12-29(25-31)30-22-23-40-38(26-30)33-14-7-8-19-39(33)43-40;26-25(27)24-21-11-5-3-9-19(21)23(20-10-4-6-12-22(20)24)18-14-13-16-7-1-2-8-17(16)15-18;19-14-5-3-4-12(10-14)13-8-9-18-16(11-13)15-6-1-2-7-17(15)20-18;/h1-26H;1-15,26-27H;1-11H;1H4. The first-order valence-corrected chi connectivity index (χ1v) is 31.1. The van der Waals surface area contributed by atoms with Crippen LogP contribution in [0, 0.1) is 0 Å². The molecular formula is C85H58BBrO4. The summed E-state index contributed by atoms with van der Waals surface area (Å²) in [6.07, 6.45) is 0. The van der Waals surface area contributed by atoms with Gasteiger partial charge in [0, 0.05) is 26.0 Å². The van der Waals surface area contributed by atoms with Crippen molar-refractivity contribution in [2.75, 3.05) is 0 Å². The third-order valence-corrected chi connectivity index (χ3v) is 18.1. The highest BCUT2D eigenvalue weighted by molar-refractivity contribution is 9.10. The van der Waals surface area contributed by atoms with Crippen molar-refractivity contribution in [2.45, 2.75) is 7.43 Å². The number of benzene rings is 16. The van der Waals surface area contributed by atoms with Crippen LogP contribution in [0.1, 0.15) is 7.43 Å². The quantitative estimate of drug-likeness (QED) is 0.129. The van der Waals surface area contributed by atoms with Crippen LogP contribution in [0.15, 0.2) is 329 Å². The summed E-state index contributed by atoms with van der Waals surface area (Å²) in [5, 5.41) is 38.5. The Morgan fingerprint density at radius 1 is 0.231 bits per heavy atom. The van der Waals surface area contributed by atoms with Gasteiger partial charge in [-0.05, 0) is 192 Å². The number of para-hydroxylation sites is 2. The third-order valence-electron chi connectivity index (χ3n) is 17.6. The van der Waals surface area contributed by atoms with Crippen molar-refractivity contribution in [1.29, 1.82) is 0 Å². The Hall–Kier alpha value is -10.9. The highest BCUT2D eigenvalue weighted by Gasteiger charge is 2.23. The van der Waals surface area contributed by atoms with Crippen LogP contribution in [0.5, 0.6) is 0 Å². The van der Waals surface area contributed by atoms with Crippen molar-refractivity contribution in [1.82, 2.24) is 0 Å². The molecule has 2 heterocycles. The fourth-order valence-corrected chi connectivity index (χ4v) is 13.9. The van der Waals surface area contributed by atoms with E-state index in [2.05, 4.69) is 240 Å². The number of furan rings is 2. The fraction of sp³-hybridized carbons (Fsp3) is 0.0118. The first-order chi connectivity index (χ1) is 44.4. The molecule has 432 valence electrons. The molecule has 0 spiro atoms. The third kappa shape index (κ3) is 10.4. The van der Waals surface area contributed by atoms with Crippen molar-refractivity contribution in [3.63, 3.8) is 0 Å². The van der Waals surface area contributed by atoms with Crippen molar-refractivity contribution in [3.05, 3.63) is 320 Å². The molecule has 2 aromatic heterocycles. The van der Waals surface area contributed by atoms with Crippen LogP contribution in [-0.2, 0) is 0 Å². The Kier molecular flexibility index (Phi) is 14.9. The van der Waals surface area contributed by atoms with Gasteiger partial charge in [0.2, 0.25) is 0 Å². The lowest BCUT2D eigenvalue weighted by molar-refractivity contribution is 0.426. The van der Waals surface area contributed by atoms with Gasteiger partial charge >= 0.3 is 7.12 Å². The van der Waals surface area contributed by atoms with Gasteiger partial charge in [-0.2, -0.15) is 0 Å². The van der Waals surface area contributed by atoms with Gasteiger partial charge in [0.25, 0.3) is 0 Å².